The number of aromatic amines is 1. The van der Waals surface area contributed by atoms with E-state index < -0.39 is 5.92 Å². The lowest BCUT2D eigenvalue weighted by atomic mass is 9.83. The van der Waals surface area contributed by atoms with Gasteiger partial charge in [-0.3, -0.25) is 9.59 Å². The largest absolute Gasteiger partial charge is 0.497 e. The lowest BCUT2D eigenvalue weighted by molar-refractivity contribution is -0.118. The molecule has 8 rings (SSSR count). The van der Waals surface area contributed by atoms with Crippen LogP contribution in [0.2, 0.25) is 5.02 Å². The fourth-order valence-corrected chi connectivity index (χ4v) is 7.91. The zero-order valence-corrected chi connectivity index (χ0v) is 28.2. The molecule has 3 heterocycles. The van der Waals surface area contributed by atoms with Gasteiger partial charge >= 0.3 is 0 Å². The van der Waals surface area contributed by atoms with Crippen molar-refractivity contribution in [3.63, 3.8) is 0 Å². The Morgan fingerprint density at radius 1 is 0.878 bits per heavy atom. The molecule has 8 heteroatoms. The summed E-state index contributed by atoms with van der Waals surface area (Å²) in [6.45, 7) is 1.04. The number of carbonyl (C=O) groups is 2. The molecule has 7 nitrogen and oxygen atoms in total. The van der Waals surface area contributed by atoms with Crippen LogP contribution in [0.3, 0.4) is 0 Å². The Labute approximate surface area is 290 Å². The number of methoxy groups -OCH3 is 2. The van der Waals surface area contributed by atoms with E-state index in [0.29, 0.717) is 36.5 Å². The number of amides is 1. The van der Waals surface area contributed by atoms with Gasteiger partial charge in [0, 0.05) is 57.6 Å². The van der Waals surface area contributed by atoms with Crippen LogP contribution in [-0.4, -0.2) is 35.5 Å². The Morgan fingerprint density at radius 3 is 2.43 bits per heavy atom. The maximum atomic E-state index is 14.8. The molecular formula is C41H36ClN3O4. The second kappa shape index (κ2) is 12.6. The Balaban J connectivity index is 1.32. The number of aryl methyl sites for hydroxylation is 1. The predicted octanol–water partition coefficient (Wildman–Crippen LogP) is 8.75. The van der Waals surface area contributed by atoms with Crippen molar-refractivity contribution in [3.8, 4) is 22.8 Å². The average molecular weight is 670 g/mol. The molecule has 4 aromatic carbocycles. The average Bonchev–Trinajstić information content (AvgIpc) is 3.77. The first-order chi connectivity index (χ1) is 23.9. The van der Waals surface area contributed by atoms with E-state index in [4.69, 9.17) is 21.1 Å². The second-order valence-electron chi connectivity index (χ2n) is 12.8. The molecule has 0 spiro atoms. The minimum atomic E-state index is -0.691. The second-order valence-corrected chi connectivity index (χ2v) is 13.2. The zero-order valence-electron chi connectivity index (χ0n) is 27.5. The molecule has 0 saturated carbocycles. The van der Waals surface area contributed by atoms with Crippen LogP contribution in [0.15, 0.2) is 97.2 Å². The third-order valence-electron chi connectivity index (χ3n) is 10.0. The van der Waals surface area contributed by atoms with Gasteiger partial charge in [0.05, 0.1) is 32.4 Å². The van der Waals surface area contributed by atoms with Gasteiger partial charge < -0.3 is 23.9 Å². The Hall–Kier alpha value is -5.27. The van der Waals surface area contributed by atoms with Crippen LogP contribution in [0.5, 0.6) is 11.5 Å². The van der Waals surface area contributed by atoms with E-state index in [1.54, 1.807) is 14.2 Å². The molecule has 0 radical (unpaired) electrons. The van der Waals surface area contributed by atoms with Gasteiger partial charge in [-0.1, -0.05) is 41.9 Å². The fourth-order valence-electron chi connectivity index (χ4n) is 7.73. The zero-order chi connectivity index (χ0) is 33.6. The summed E-state index contributed by atoms with van der Waals surface area (Å²) in [5.74, 6) is 0.872. The summed E-state index contributed by atoms with van der Waals surface area (Å²) in [4.78, 5) is 34.2. The number of fused-ring (bicyclic) bond motifs is 3. The molecule has 246 valence electrons. The van der Waals surface area contributed by atoms with Gasteiger partial charge in [-0.25, -0.2) is 0 Å². The van der Waals surface area contributed by atoms with E-state index in [1.165, 1.54) is 0 Å². The Morgan fingerprint density at radius 2 is 1.65 bits per heavy atom. The van der Waals surface area contributed by atoms with Crippen molar-refractivity contribution < 1.29 is 19.1 Å². The molecule has 1 atom stereocenters. The van der Waals surface area contributed by atoms with Crippen molar-refractivity contribution in [2.24, 2.45) is 0 Å². The minimum absolute atomic E-state index is 0.0575. The number of nitrogens with zero attached hydrogens (tertiary/aromatic N) is 2. The van der Waals surface area contributed by atoms with Crippen LogP contribution in [0, 0.1) is 0 Å². The Bertz CT molecular complexity index is 2220. The highest BCUT2D eigenvalue weighted by Crippen LogP contribution is 2.50. The van der Waals surface area contributed by atoms with Crippen molar-refractivity contribution in [1.29, 1.82) is 0 Å². The lowest BCUT2D eigenvalue weighted by Crippen LogP contribution is -2.29. The normalized spacial score (nSPS) is 15.5. The van der Waals surface area contributed by atoms with Crippen LogP contribution in [0.1, 0.15) is 57.1 Å². The van der Waals surface area contributed by atoms with E-state index in [-0.39, 0.29) is 11.7 Å². The van der Waals surface area contributed by atoms with Gasteiger partial charge in [0.1, 0.15) is 11.5 Å². The van der Waals surface area contributed by atoms with Crippen LogP contribution >= 0.6 is 11.6 Å². The molecule has 49 heavy (non-hydrogen) atoms. The number of aromatic nitrogens is 2. The first kappa shape index (κ1) is 31.0. The van der Waals surface area contributed by atoms with E-state index in [1.807, 2.05) is 89.8 Å². The number of hydrogen-bond donors (Lipinski definition) is 1. The molecule has 1 aliphatic heterocycles. The number of carbonyl (C=O) groups excluding carboxylic acids is 2. The third-order valence-corrected chi connectivity index (χ3v) is 10.3. The van der Waals surface area contributed by atoms with Gasteiger partial charge in [0.2, 0.25) is 5.91 Å². The van der Waals surface area contributed by atoms with Crippen LogP contribution in [-0.2, 0) is 30.7 Å². The highest BCUT2D eigenvalue weighted by Gasteiger charge is 2.44. The lowest BCUT2D eigenvalue weighted by Gasteiger charge is -2.20. The van der Waals surface area contributed by atoms with Crippen molar-refractivity contribution in [2.75, 3.05) is 19.1 Å². The topological polar surface area (TPSA) is 76.6 Å². The Kier molecular flexibility index (Phi) is 8.00. The van der Waals surface area contributed by atoms with Crippen molar-refractivity contribution in [1.82, 2.24) is 9.55 Å². The number of rotatable bonds is 9. The van der Waals surface area contributed by atoms with E-state index in [9.17, 15) is 9.59 Å². The molecule has 2 aliphatic rings. The number of benzene rings is 4. The molecule has 6 aromatic rings. The van der Waals surface area contributed by atoms with Crippen LogP contribution < -0.4 is 14.4 Å². The fraction of sp³-hybridized carbons (Fsp3) is 0.220. The van der Waals surface area contributed by atoms with Gasteiger partial charge in [0.15, 0.2) is 5.78 Å². The quantitative estimate of drug-likeness (QED) is 0.167. The van der Waals surface area contributed by atoms with Crippen molar-refractivity contribution >= 4 is 39.9 Å². The van der Waals surface area contributed by atoms with Gasteiger partial charge in [-0.2, -0.15) is 0 Å². The first-order valence-electron chi connectivity index (χ1n) is 16.7. The number of ketones is 1. The van der Waals surface area contributed by atoms with Gasteiger partial charge in [0.25, 0.3) is 0 Å². The summed E-state index contributed by atoms with van der Waals surface area (Å²) in [7, 11) is 3.33. The van der Waals surface area contributed by atoms with Gasteiger partial charge in [-0.05, 0) is 102 Å². The summed E-state index contributed by atoms with van der Waals surface area (Å²) in [6, 6.07) is 29.6. The summed E-state index contributed by atoms with van der Waals surface area (Å²) in [6.07, 6.45) is 4.74. The summed E-state index contributed by atoms with van der Waals surface area (Å²) < 4.78 is 13.4. The van der Waals surface area contributed by atoms with E-state index >= 15 is 0 Å². The van der Waals surface area contributed by atoms with Crippen molar-refractivity contribution in [3.05, 3.63) is 136 Å². The number of Topliss-reactive ketones (excluding diaryl/α,β-unsaturated/α-hetero) is 1. The smallest absolute Gasteiger partial charge is 0.239 e. The highest BCUT2D eigenvalue weighted by atomic mass is 35.5. The summed E-state index contributed by atoms with van der Waals surface area (Å²) >= 11 is 6.65. The minimum Gasteiger partial charge on any atom is -0.497 e. The molecule has 0 fully saturated rings. The maximum Gasteiger partial charge on any atom is 0.239 e. The monoisotopic (exact) mass is 669 g/mol. The first-order valence-corrected chi connectivity index (χ1v) is 17.0. The highest BCUT2D eigenvalue weighted by molar-refractivity contribution is 6.31. The van der Waals surface area contributed by atoms with Gasteiger partial charge in [-0.15, -0.1) is 0 Å². The molecule has 1 amide bonds. The molecule has 0 bridgehead atoms. The third kappa shape index (κ3) is 5.39. The SMILES string of the molecule is COc1ccc(-c2c(C3C(=O)N(Cc4ccccc4)c4ccc(Cl)cc43)c3c(n2CCc2c[nH]c4ccc(OC)cc24)CCCC3=O)cc1. The van der Waals surface area contributed by atoms with Crippen LogP contribution in [0.25, 0.3) is 22.2 Å². The number of H-pyrrole nitrogens is 1. The number of halogens is 1. The summed E-state index contributed by atoms with van der Waals surface area (Å²) in [5.41, 5.74) is 9.14. The van der Waals surface area contributed by atoms with Crippen LogP contribution in [0.4, 0.5) is 5.69 Å². The predicted molar refractivity (Wildman–Crippen MR) is 193 cm³/mol. The van der Waals surface area contributed by atoms with Crippen molar-refractivity contribution in [2.45, 2.75) is 44.7 Å². The van der Waals surface area contributed by atoms with E-state index in [0.717, 1.165) is 80.1 Å². The molecule has 1 unspecified atom stereocenters. The molecule has 1 N–H and O–H groups in total. The number of nitrogens with one attached hydrogen (secondary N) is 1. The molecule has 2 aromatic heterocycles. The maximum absolute atomic E-state index is 14.8. The standard InChI is InChI=1S/C41H36ClN3O4/c1-48-29-14-11-26(12-15-29)40-39(37-32-21-28(42)13-18-34(32)45(41(37)47)24-25-7-4-3-5-8-25)38-35(9-6-10-36(38)46)44(40)20-19-27-23-43-33-17-16-30(49-2)22-31(27)33/h3-5,7-8,11-18,21-23,37,43H,6,9-10,19-20,24H2,1-2H3. The number of anilines is 1. The number of hydrogen-bond acceptors (Lipinski definition) is 4. The summed E-state index contributed by atoms with van der Waals surface area (Å²) in [5, 5.41) is 1.66. The number of ether oxygens (including phenoxy) is 2. The molecule has 0 saturated heterocycles. The van der Waals surface area contributed by atoms with E-state index in [2.05, 4.69) is 21.8 Å². The molecular weight excluding hydrogens is 634 g/mol. The molecule has 1 aliphatic carbocycles.